The highest BCUT2D eigenvalue weighted by Gasteiger charge is 2.34. The van der Waals surface area contributed by atoms with Gasteiger partial charge in [-0.15, -0.1) is 11.8 Å². The van der Waals surface area contributed by atoms with Gasteiger partial charge in [0, 0.05) is 16.9 Å². The van der Waals surface area contributed by atoms with E-state index in [1.807, 2.05) is 60.7 Å². The summed E-state index contributed by atoms with van der Waals surface area (Å²) in [5.74, 6) is -0.297. The summed E-state index contributed by atoms with van der Waals surface area (Å²) in [5.41, 5.74) is 3.17. The van der Waals surface area contributed by atoms with Crippen molar-refractivity contribution < 1.29 is 14.0 Å². The molecule has 4 aromatic rings. The molecule has 0 aliphatic carbocycles. The van der Waals surface area contributed by atoms with Gasteiger partial charge in [-0.25, -0.2) is 4.39 Å². The Kier molecular flexibility index (Phi) is 5.60. The van der Waals surface area contributed by atoms with E-state index in [0.29, 0.717) is 28.3 Å². The lowest BCUT2D eigenvalue weighted by atomic mass is 10.0. The topological polar surface area (TPSA) is 49.4 Å². The second-order valence-electron chi connectivity index (χ2n) is 7.97. The zero-order valence-corrected chi connectivity index (χ0v) is 18.7. The number of carbonyl (C=O) groups excluding carboxylic acids is 2. The molecule has 0 saturated carbocycles. The first kappa shape index (κ1) is 21.2. The molecule has 1 unspecified atom stereocenters. The van der Waals surface area contributed by atoms with Crippen LogP contribution in [0.15, 0.2) is 84.9 Å². The quantitative estimate of drug-likeness (QED) is 0.391. The number of benzene rings is 4. The Morgan fingerprint density at radius 1 is 1.00 bits per heavy atom. The molecule has 1 N–H and O–H groups in total. The third-order valence-electron chi connectivity index (χ3n) is 5.77. The number of rotatable bonds is 4. The van der Waals surface area contributed by atoms with Crippen LogP contribution in [0.5, 0.6) is 0 Å². The van der Waals surface area contributed by atoms with Gasteiger partial charge in [0.2, 0.25) is 5.91 Å². The number of carbonyl (C=O) groups is 2. The maximum Gasteiger partial charge on any atom is 0.256 e. The molecule has 1 heterocycles. The second-order valence-corrected chi connectivity index (χ2v) is 9.04. The highest BCUT2D eigenvalue weighted by molar-refractivity contribution is 8.00. The minimum absolute atomic E-state index is 0.0709. The molecule has 1 aliphatic heterocycles. The fraction of sp³-hybridized carbons (Fsp3) is 0.111. The maximum absolute atomic E-state index is 14.2. The summed E-state index contributed by atoms with van der Waals surface area (Å²) < 4.78 is 14.2. The smallest absolute Gasteiger partial charge is 0.256 e. The normalized spacial score (nSPS) is 15.8. The molecule has 1 fully saturated rings. The highest BCUT2D eigenvalue weighted by Crippen LogP contribution is 2.42. The fourth-order valence-electron chi connectivity index (χ4n) is 4.07. The Balaban J connectivity index is 1.43. The molecular weight excluding hydrogens is 435 g/mol. The molecule has 2 amide bonds. The minimum atomic E-state index is -0.341. The van der Waals surface area contributed by atoms with E-state index in [9.17, 15) is 14.0 Å². The molecule has 5 rings (SSSR count). The molecule has 4 nitrogen and oxygen atoms in total. The van der Waals surface area contributed by atoms with Gasteiger partial charge >= 0.3 is 0 Å². The lowest BCUT2D eigenvalue weighted by molar-refractivity contribution is -0.115. The minimum Gasteiger partial charge on any atom is -0.322 e. The van der Waals surface area contributed by atoms with Crippen LogP contribution in [0.4, 0.5) is 15.8 Å². The van der Waals surface area contributed by atoms with Crippen LogP contribution in [0.3, 0.4) is 0 Å². The van der Waals surface area contributed by atoms with Crippen molar-refractivity contribution in [3.05, 3.63) is 107 Å². The summed E-state index contributed by atoms with van der Waals surface area (Å²) in [5, 5.41) is 4.58. The van der Waals surface area contributed by atoms with Crippen molar-refractivity contribution in [2.24, 2.45) is 0 Å². The van der Waals surface area contributed by atoms with Gasteiger partial charge in [-0.1, -0.05) is 54.6 Å². The summed E-state index contributed by atoms with van der Waals surface area (Å²) in [6, 6.07) is 25.7. The monoisotopic (exact) mass is 456 g/mol. The first-order valence-corrected chi connectivity index (χ1v) is 11.6. The molecule has 1 saturated heterocycles. The second kappa shape index (κ2) is 8.71. The number of amides is 2. The standard InChI is InChI=1S/C27H21FN2O2S/c1-17-12-13-21(15-24(17)28)30-25(31)16-33-27(30)19-8-4-9-20(14-19)29-26(32)23-11-5-7-18-6-2-3-10-22(18)23/h2-15,27H,16H2,1H3,(H,29,32). The van der Waals surface area contributed by atoms with Gasteiger partial charge in [-0.2, -0.15) is 0 Å². The van der Waals surface area contributed by atoms with Crippen LogP contribution >= 0.6 is 11.8 Å². The molecular formula is C27H21FN2O2S. The Labute approximate surface area is 195 Å². The largest absolute Gasteiger partial charge is 0.322 e. The molecule has 0 bridgehead atoms. The Morgan fingerprint density at radius 3 is 2.64 bits per heavy atom. The number of thioether (sulfide) groups is 1. The number of nitrogens with one attached hydrogen (secondary N) is 1. The van der Waals surface area contributed by atoms with Crippen molar-refractivity contribution in [2.45, 2.75) is 12.3 Å². The van der Waals surface area contributed by atoms with E-state index in [2.05, 4.69) is 5.32 Å². The number of anilines is 2. The molecule has 0 spiro atoms. The van der Waals surface area contributed by atoms with Gasteiger partial charge in [0.1, 0.15) is 11.2 Å². The SMILES string of the molecule is Cc1ccc(N2C(=O)CSC2c2cccc(NC(=O)c3cccc4ccccc34)c2)cc1F. The van der Waals surface area contributed by atoms with Crippen LogP contribution < -0.4 is 10.2 Å². The van der Waals surface area contributed by atoms with Gasteiger partial charge in [-0.05, 0) is 59.2 Å². The van der Waals surface area contributed by atoms with E-state index >= 15 is 0 Å². The molecule has 33 heavy (non-hydrogen) atoms. The third-order valence-corrected chi connectivity index (χ3v) is 6.98. The van der Waals surface area contributed by atoms with E-state index in [4.69, 9.17) is 0 Å². The molecule has 6 heteroatoms. The van der Waals surface area contributed by atoms with E-state index < -0.39 is 0 Å². The average Bonchev–Trinajstić information content (AvgIpc) is 3.22. The summed E-state index contributed by atoms with van der Waals surface area (Å²) in [7, 11) is 0. The number of halogens is 1. The zero-order valence-electron chi connectivity index (χ0n) is 17.9. The molecule has 1 aliphatic rings. The van der Waals surface area contributed by atoms with Gasteiger partial charge in [0.25, 0.3) is 5.91 Å². The first-order chi connectivity index (χ1) is 16.0. The van der Waals surface area contributed by atoms with E-state index in [1.54, 1.807) is 30.0 Å². The number of fused-ring (bicyclic) bond motifs is 1. The molecule has 4 aromatic carbocycles. The first-order valence-electron chi connectivity index (χ1n) is 10.6. The van der Waals surface area contributed by atoms with Crippen molar-refractivity contribution in [3.63, 3.8) is 0 Å². The van der Waals surface area contributed by atoms with Gasteiger partial charge in [-0.3, -0.25) is 14.5 Å². The van der Waals surface area contributed by atoms with E-state index in [0.717, 1.165) is 16.3 Å². The zero-order chi connectivity index (χ0) is 22.9. The van der Waals surface area contributed by atoms with Gasteiger partial charge < -0.3 is 5.32 Å². The third kappa shape index (κ3) is 4.10. The molecule has 164 valence electrons. The number of hydrogen-bond acceptors (Lipinski definition) is 3. The molecule has 0 radical (unpaired) electrons. The van der Waals surface area contributed by atoms with Gasteiger partial charge in [0.05, 0.1) is 5.75 Å². The fourth-order valence-corrected chi connectivity index (χ4v) is 5.24. The summed E-state index contributed by atoms with van der Waals surface area (Å²) >= 11 is 1.48. The van der Waals surface area contributed by atoms with Crippen molar-refractivity contribution in [2.75, 3.05) is 16.0 Å². The maximum atomic E-state index is 14.2. The van der Waals surface area contributed by atoms with Crippen LogP contribution in [0, 0.1) is 12.7 Å². The van der Waals surface area contributed by atoms with E-state index in [1.165, 1.54) is 17.8 Å². The van der Waals surface area contributed by atoms with E-state index in [-0.39, 0.29) is 23.0 Å². The molecule has 1 atom stereocenters. The van der Waals surface area contributed by atoms with Crippen molar-refractivity contribution in [1.82, 2.24) is 0 Å². The van der Waals surface area contributed by atoms with Crippen molar-refractivity contribution in [3.8, 4) is 0 Å². The Hall–Kier alpha value is -3.64. The summed E-state index contributed by atoms with van der Waals surface area (Å²) in [6.45, 7) is 1.69. The predicted molar refractivity (Wildman–Crippen MR) is 132 cm³/mol. The Morgan fingerprint density at radius 2 is 1.79 bits per heavy atom. The number of nitrogens with zero attached hydrogens (tertiary/aromatic N) is 1. The molecule has 0 aromatic heterocycles. The number of hydrogen-bond donors (Lipinski definition) is 1. The highest BCUT2D eigenvalue weighted by atomic mass is 32.2. The van der Waals surface area contributed by atoms with Crippen LogP contribution in [-0.2, 0) is 4.79 Å². The lowest BCUT2D eigenvalue weighted by Crippen LogP contribution is -2.28. The number of aryl methyl sites for hydroxylation is 1. The average molecular weight is 457 g/mol. The van der Waals surface area contributed by atoms with Crippen LogP contribution in [0.1, 0.15) is 26.9 Å². The summed E-state index contributed by atoms with van der Waals surface area (Å²) in [6.07, 6.45) is 0. The lowest BCUT2D eigenvalue weighted by Gasteiger charge is -2.25. The summed E-state index contributed by atoms with van der Waals surface area (Å²) in [4.78, 5) is 27.3. The van der Waals surface area contributed by atoms with Crippen LogP contribution in [0.2, 0.25) is 0 Å². The predicted octanol–water partition coefficient (Wildman–Crippen LogP) is 6.32. The van der Waals surface area contributed by atoms with Crippen LogP contribution in [-0.4, -0.2) is 17.6 Å². The van der Waals surface area contributed by atoms with Gasteiger partial charge in [0.15, 0.2) is 0 Å². The Bertz CT molecular complexity index is 1380. The van der Waals surface area contributed by atoms with Crippen LogP contribution in [0.25, 0.3) is 10.8 Å². The van der Waals surface area contributed by atoms with Crippen molar-refractivity contribution >= 4 is 45.7 Å². The van der Waals surface area contributed by atoms with Crippen molar-refractivity contribution in [1.29, 1.82) is 0 Å².